The number of hydrogen-bond acceptors (Lipinski definition) is 4. The SMILES string of the molecule is Cc1ccc([C@@H](C)NC(=O)COC(=O)c2ccc(-c3ccc(O)cc3)cc2)cc1C. The number of phenols is 1. The smallest absolute Gasteiger partial charge is 0.338 e. The highest BCUT2D eigenvalue weighted by Gasteiger charge is 2.14. The van der Waals surface area contributed by atoms with Gasteiger partial charge in [0.15, 0.2) is 6.61 Å². The first-order valence-electron chi connectivity index (χ1n) is 9.76. The summed E-state index contributed by atoms with van der Waals surface area (Å²) in [5.74, 6) is -0.708. The van der Waals surface area contributed by atoms with Crippen LogP contribution in [-0.2, 0) is 9.53 Å². The Morgan fingerprint density at radius 2 is 1.50 bits per heavy atom. The van der Waals surface area contributed by atoms with Gasteiger partial charge in [0.05, 0.1) is 11.6 Å². The molecule has 0 spiro atoms. The second-order valence-corrected chi connectivity index (χ2v) is 7.33. The predicted octanol–water partition coefficient (Wildman–Crippen LogP) is 4.71. The molecule has 0 aliphatic carbocycles. The highest BCUT2D eigenvalue weighted by Crippen LogP contribution is 2.22. The summed E-state index contributed by atoms with van der Waals surface area (Å²) < 4.78 is 5.15. The van der Waals surface area contributed by atoms with Crippen LogP contribution in [0, 0.1) is 13.8 Å². The van der Waals surface area contributed by atoms with Crippen molar-refractivity contribution in [1.82, 2.24) is 5.32 Å². The molecule has 0 unspecified atom stereocenters. The normalized spacial score (nSPS) is 11.6. The van der Waals surface area contributed by atoms with Gasteiger partial charge in [0.25, 0.3) is 5.91 Å². The first kappa shape index (κ1) is 21.1. The lowest BCUT2D eigenvalue weighted by molar-refractivity contribution is -0.124. The van der Waals surface area contributed by atoms with Crippen molar-refractivity contribution < 1.29 is 19.4 Å². The quantitative estimate of drug-likeness (QED) is 0.585. The van der Waals surface area contributed by atoms with E-state index in [0.29, 0.717) is 5.56 Å². The largest absolute Gasteiger partial charge is 0.508 e. The zero-order chi connectivity index (χ0) is 21.7. The Hall–Kier alpha value is -3.60. The lowest BCUT2D eigenvalue weighted by atomic mass is 10.0. The molecule has 0 aliphatic rings. The van der Waals surface area contributed by atoms with Crippen LogP contribution >= 0.6 is 0 Å². The topological polar surface area (TPSA) is 75.6 Å². The Morgan fingerprint density at radius 1 is 0.900 bits per heavy atom. The van der Waals surface area contributed by atoms with Gasteiger partial charge in [0.1, 0.15) is 5.75 Å². The monoisotopic (exact) mass is 403 g/mol. The molecular weight excluding hydrogens is 378 g/mol. The van der Waals surface area contributed by atoms with Gasteiger partial charge in [-0.25, -0.2) is 4.79 Å². The Balaban J connectivity index is 1.53. The van der Waals surface area contributed by atoms with Crippen LogP contribution in [0.15, 0.2) is 66.7 Å². The van der Waals surface area contributed by atoms with E-state index in [-0.39, 0.29) is 24.3 Å². The molecule has 5 nitrogen and oxygen atoms in total. The fourth-order valence-electron chi connectivity index (χ4n) is 3.07. The molecule has 0 saturated carbocycles. The molecule has 0 bridgehead atoms. The molecule has 3 rings (SSSR count). The van der Waals surface area contributed by atoms with E-state index in [4.69, 9.17) is 4.74 Å². The second kappa shape index (κ2) is 9.27. The van der Waals surface area contributed by atoms with Crippen LogP contribution in [0.4, 0.5) is 0 Å². The molecule has 0 aliphatic heterocycles. The number of benzene rings is 3. The van der Waals surface area contributed by atoms with Crippen molar-refractivity contribution in [3.8, 4) is 16.9 Å². The summed E-state index contributed by atoms with van der Waals surface area (Å²) in [5, 5.41) is 12.2. The zero-order valence-electron chi connectivity index (χ0n) is 17.3. The molecule has 30 heavy (non-hydrogen) atoms. The van der Waals surface area contributed by atoms with Gasteiger partial charge in [-0.15, -0.1) is 0 Å². The number of esters is 1. The van der Waals surface area contributed by atoms with E-state index >= 15 is 0 Å². The molecule has 1 amide bonds. The lowest BCUT2D eigenvalue weighted by Crippen LogP contribution is -2.31. The molecule has 0 saturated heterocycles. The minimum absolute atomic E-state index is 0.180. The van der Waals surface area contributed by atoms with E-state index in [0.717, 1.165) is 22.3 Å². The predicted molar refractivity (Wildman–Crippen MR) is 116 cm³/mol. The molecule has 2 N–H and O–H groups in total. The van der Waals surface area contributed by atoms with Crippen LogP contribution in [-0.4, -0.2) is 23.6 Å². The lowest BCUT2D eigenvalue weighted by Gasteiger charge is -2.16. The summed E-state index contributed by atoms with van der Waals surface area (Å²) >= 11 is 0. The number of carbonyl (C=O) groups excluding carboxylic acids is 2. The average Bonchev–Trinajstić information content (AvgIpc) is 2.74. The van der Waals surface area contributed by atoms with Crippen molar-refractivity contribution in [2.75, 3.05) is 6.61 Å². The van der Waals surface area contributed by atoms with Gasteiger partial charge >= 0.3 is 5.97 Å². The Labute approximate surface area is 176 Å². The molecule has 0 heterocycles. The van der Waals surface area contributed by atoms with Gasteiger partial charge in [-0.3, -0.25) is 4.79 Å². The molecule has 5 heteroatoms. The fourth-order valence-corrected chi connectivity index (χ4v) is 3.07. The standard InChI is InChI=1S/C25H25NO4/c1-16-4-5-22(14-17(16)2)18(3)26-24(28)15-30-25(29)21-8-6-19(7-9-21)20-10-12-23(27)13-11-20/h4-14,18,27H,15H2,1-3H3,(H,26,28)/t18-/m1/s1. The van der Waals surface area contributed by atoms with Crippen molar-refractivity contribution in [2.45, 2.75) is 26.8 Å². The number of aromatic hydroxyl groups is 1. The number of phenolic OH excluding ortho intramolecular Hbond substituents is 1. The summed E-state index contributed by atoms with van der Waals surface area (Å²) in [7, 11) is 0. The van der Waals surface area contributed by atoms with Crippen LogP contribution in [0.25, 0.3) is 11.1 Å². The van der Waals surface area contributed by atoms with Crippen molar-refractivity contribution >= 4 is 11.9 Å². The van der Waals surface area contributed by atoms with E-state index in [2.05, 4.69) is 5.32 Å². The highest BCUT2D eigenvalue weighted by molar-refractivity contribution is 5.92. The van der Waals surface area contributed by atoms with Gasteiger partial charge in [-0.1, -0.05) is 42.5 Å². The number of hydrogen-bond donors (Lipinski definition) is 2. The molecule has 1 atom stereocenters. The maximum atomic E-state index is 12.2. The number of rotatable bonds is 6. The van der Waals surface area contributed by atoms with Crippen molar-refractivity contribution in [2.24, 2.45) is 0 Å². The van der Waals surface area contributed by atoms with Crippen molar-refractivity contribution in [3.63, 3.8) is 0 Å². The number of nitrogens with one attached hydrogen (secondary N) is 1. The van der Waals surface area contributed by atoms with E-state index in [1.165, 1.54) is 5.56 Å². The second-order valence-electron chi connectivity index (χ2n) is 7.33. The van der Waals surface area contributed by atoms with Crippen molar-refractivity contribution in [3.05, 3.63) is 89.0 Å². The first-order chi connectivity index (χ1) is 14.3. The average molecular weight is 403 g/mol. The number of amides is 1. The van der Waals surface area contributed by atoms with Crippen LogP contribution in [0.3, 0.4) is 0 Å². The molecule has 0 aromatic heterocycles. The number of ether oxygens (including phenoxy) is 1. The third-order valence-electron chi connectivity index (χ3n) is 5.06. The fraction of sp³-hybridized carbons (Fsp3) is 0.200. The van der Waals surface area contributed by atoms with Crippen molar-refractivity contribution in [1.29, 1.82) is 0 Å². The van der Waals surface area contributed by atoms with Gasteiger partial charge in [0, 0.05) is 0 Å². The maximum Gasteiger partial charge on any atom is 0.338 e. The number of aryl methyl sites for hydroxylation is 2. The molecular formula is C25H25NO4. The summed E-state index contributed by atoms with van der Waals surface area (Å²) in [6.45, 7) is 5.63. The minimum Gasteiger partial charge on any atom is -0.508 e. The van der Waals surface area contributed by atoms with Gasteiger partial charge in [0.2, 0.25) is 0 Å². The Kier molecular flexibility index (Phi) is 6.52. The van der Waals surface area contributed by atoms with Crippen LogP contribution < -0.4 is 5.32 Å². The zero-order valence-corrected chi connectivity index (χ0v) is 17.3. The first-order valence-corrected chi connectivity index (χ1v) is 9.76. The molecule has 3 aromatic carbocycles. The van der Waals surface area contributed by atoms with E-state index < -0.39 is 5.97 Å². The summed E-state index contributed by atoms with van der Waals surface area (Å²) in [4.78, 5) is 24.4. The summed E-state index contributed by atoms with van der Waals surface area (Å²) in [5.41, 5.74) is 5.56. The van der Waals surface area contributed by atoms with E-state index in [1.807, 2.05) is 39.0 Å². The van der Waals surface area contributed by atoms with E-state index in [9.17, 15) is 14.7 Å². The highest BCUT2D eigenvalue weighted by atomic mass is 16.5. The Bertz CT molecular complexity index is 1040. The van der Waals surface area contributed by atoms with Gasteiger partial charge in [-0.2, -0.15) is 0 Å². The van der Waals surface area contributed by atoms with E-state index in [1.54, 1.807) is 48.5 Å². The summed E-state index contributed by atoms with van der Waals surface area (Å²) in [6, 6.07) is 19.6. The molecule has 0 fully saturated rings. The third kappa shape index (κ3) is 5.26. The summed E-state index contributed by atoms with van der Waals surface area (Å²) in [6.07, 6.45) is 0. The minimum atomic E-state index is -0.554. The molecule has 0 radical (unpaired) electrons. The van der Waals surface area contributed by atoms with Gasteiger partial charge in [-0.05, 0) is 72.9 Å². The molecule has 154 valence electrons. The maximum absolute atomic E-state index is 12.2. The van der Waals surface area contributed by atoms with Crippen LogP contribution in [0.2, 0.25) is 0 Å². The Morgan fingerprint density at radius 3 is 2.10 bits per heavy atom. The van der Waals surface area contributed by atoms with Crippen LogP contribution in [0.1, 0.15) is 40.0 Å². The number of carbonyl (C=O) groups is 2. The van der Waals surface area contributed by atoms with Gasteiger partial charge < -0.3 is 15.2 Å². The molecule has 3 aromatic rings. The van der Waals surface area contributed by atoms with Crippen LogP contribution in [0.5, 0.6) is 5.75 Å². The third-order valence-corrected chi connectivity index (χ3v) is 5.06.